The summed E-state index contributed by atoms with van der Waals surface area (Å²) in [5.74, 6) is -1.32. The van der Waals surface area contributed by atoms with Gasteiger partial charge in [-0.05, 0) is 67.2 Å². The van der Waals surface area contributed by atoms with Gasteiger partial charge in [-0.3, -0.25) is 19.3 Å². The monoisotopic (exact) mass is 750 g/mol. The lowest BCUT2D eigenvalue weighted by Crippen LogP contribution is -2.50. The largest absolute Gasteiger partial charge is 0.444 e. The predicted molar refractivity (Wildman–Crippen MR) is 169 cm³/mol. The zero-order chi connectivity index (χ0) is 37.7. The molecule has 288 valence electrons. The first-order valence-corrected chi connectivity index (χ1v) is 17.7. The van der Waals surface area contributed by atoms with Gasteiger partial charge in [0.1, 0.15) is 23.3 Å². The number of carbonyl (C=O) groups excluding carboxylic acids is 6. The SMILES string of the molecule is CC(C)(C)OC(=O)NCCONC(=O)C1CCC2CN1C(=O)N2OS(=O)(=O)ON1C(=O)N2CC1CCC2C(=O)NOCCNC(=O)OC(C)(C)C. The van der Waals surface area contributed by atoms with Crippen molar-refractivity contribution in [2.75, 3.05) is 39.4 Å². The first kappa shape index (κ1) is 39.6. The summed E-state index contributed by atoms with van der Waals surface area (Å²) >= 11 is 0. The van der Waals surface area contributed by atoms with Gasteiger partial charge in [0.15, 0.2) is 0 Å². The van der Waals surface area contributed by atoms with Crippen LogP contribution in [-0.2, 0) is 47.7 Å². The van der Waals surface area contributed by atoms with Crippen molar-refractivity contribution in [2.24, 2.45) is 0 Å². The van der Waals surface area contributed by atoms with Gasteiger partial charge in [-0.2, -0.15) is 18.5 Å². The Morgan fingerprint density at radius 3 is 1.39 bits per heavy atom. The lowest BCUT2D eigenvalue weighted by Gasteiger charge is -2.29. The third-order valence-electron chi connectivity index (χ3n) is 7.68. The van der Waals surface area contributed by atoms with Gasteiger partial charge in [0.25, 0.3) is 11.8 Å². The van der Waals surface area contributed by atoms with Gasteiger partial charge >= 0.3 is 34.6 Å². The van der Waals surface area contributed by atoms with E-state index in [9.17, 15) is 37.2 Å². The van der Waals surface area contributed by atoms with Crippen LogP contribution in [0.5, 0.6) is 0 Å². The zero-order valence-corrected chi connectivity index (χ0v) is 30.1. The number of nitrogens with zero attached hydrogens (tertiary/aromatic N) is 4. The van der Waals surface area contributed by atoms with Gasteiger partial charge in [-0.1, -0.05) is 0 Å². The van der Waals surface area contributed by atoms with Crippen LogP contribution in [0.25, 0.3) is 0 Å². The number of piperidine rings is 2. The summed E-state index contributed by atoms with van der Waals surface area (Å²) in [4.78, 5) is 87.6. The molecule has 8 amide bonds. The molecule has 22 nitrogen and oxygen atoms in total. The minimum Gasteiger partial charge on any atom is -0.444 e. The fraction of sp³-hybridized carbons (Fsp3) is 0.786. The van der Waals surface area contributed by atoms with Gasteiger partial charge in [-0.25, -0.2) is 30.1 Å². The van der Waals surface area contributed by atoms with E-state index in [1.807, 2.05) is 0 Å². The van der Waals surface area contributed by atoms with Gasteiger partial charge in [0, 0.05) is 26.2 Å². The third-order valence-corrected chi connectivity index (χ3v) is 8.37. The second kappa shape index (κ2) is 16.0. The molecule has 4 atom stereocenters. The maximum absolute atomic E-state index is 13.1. The van der Waals surface area contributed by atoms with Crippen molar-refractivity contribution in [1.82, 2.24) is 41.5 Å². The molecule has 23 heteroatoms. The molecule has 4 heterocycles. The summed E-state index contributed by atoms with van der Waals surface area (Å²) in [5, 5.41) is 6.10. The number of amides is 8. The fourth-order valence-corrected chi connectivity index (χ4v) is 6.42. The number of hydrogen-bond donors (Lipinski definition) is 4. The second-order valence-corrected chi connectivity index (χ2v) is 15.2. The van der Waals surface area contributed by atoms with Crippen LogP contribution in [-0.4, -0.2) is 139 Å². The molecule has 0 aromatic carbocycles. The molecule has 4 rings (SSSR count). The van der Waals surface area contributed by atoms with E-state index >= 15 is 0 Å². The van der Waals surface area contributed by atoms with Crippen molar-refractivity contribution < 1.29 is 64.9 Å². The molecule has 4 fully saturated rings. The highest BCUT2D eigenvalue weighted by Crippen LogP contribution is 2.34. The summed E-state index contributed by atoms with van der Waals surface area (Å²) in [6.07, 6.45) is -0.590. The average molecular weight is 751 g/mol. The van der Waals surface area contributed by atoms with E-state index in [-0.39, 0.29) is 65.1 Å². The number of alkyl carbamates (subject to hydrolysis) is 2. The zero-order valence-electron chi connectivity index (χ0n) is 29.3. The Labute approximate surface area is 294 Å². The van der Waals surface area contributed by atoms with Crippen LogP contribution in [0.15, 0.2) is 0 Å². The maximum Gasteiger partial charge on any atom is 0.442 e. The topological polar surface area (TPSA) is 253 Å². The minimum absolute atomic E-state index is 0.0262. The molecule has 4 aliphatic rings. The van der Waals surface area contributed by atoms with Crippen molar-refractivity contribution in [2.45, 2.75) is 103 Å². The number of urea groups is 2. The summed E-state index contributed by atoms with van der Waals surface area (Å²) in [6, 6.07) is -5.28. The normalized spacial score (nSPS) is 23.3. The molecule has 4 bridgehead atoms. The van der Waals surface area contributed by atoms with Crippen molar-refractivity contribution in [1.29, 1.82) is 0 Å². The van der Waals surface area contributed by atoms with Crippen molar-refractivity contribution in [3.63, 3.8) is 0 Å². The molecule has 4 unspecified atom stereocenters. The van der Waals surface area contributed by atoms with Gasteiger partial charge in [0.05, 0.1) is 25.3 Å². The molecule has 4 aliphatic heterocycles. The quantitative estimate of drug-likeness (QED) is 0.132. The highest BCUT2D eigenvalue weighted by atomic mass is 32.3. The number of ether oxygens (including phenoxy) is 2. The Kier molecular flexibility index (Phi) is 12.4. The van der Waals surface area contributed by atoms with E-state index in [1.165, 1.54) is 0 Å². The van der Waals surface area contributed by atoms with Crippen LogP contribution in [0.2, 0.25) is 0 Å². The molecule has 0 spiro atoms. The number of hydroxylamine groups is 6. The van der Waals surface area contributed by atoms with Crippen molar-refractivity contribution >= 4 is 46.5 Å². The van der Waals surface area contributed by atoms with Gasteiger partial charge < -0.3 is 29.9 Å². The molecule has 0 aromatic heterocycles. The predicted octanol–water partition coefficient (Wildman–Crippen LogP) is -0.223. The Morgan fingerprint density at radius 2 is 1.04 bits per heavy atom. The number of fused-ring (bicyclic) bond motifs is 4. The van der Waals surface area contributed by atoms with Gasteiger partial charge in [0.2, 0.25) is 0 Å². The Hall–Kier alpha value is -4.19. The molecular formula is C28H46N8O14S. The van der Waals surface area contributed by atoms with E-state index in [0.717, 1.165) is 9.80 Å². The molecule has 4 N–H and O–H groups in total. The molecule has 4 saturated heterocycles. The summed E-state index contributed by atoms with van der Waals surface area (Å²) in [7, 11) is -5.03. The first-order valence-electron chi connectivity index (χ1n) is 16.4. The van der Waals surface area contributed by atoms with Crippen LogP contribution in [0.4, 0.5) is 19.2 Å². The van der Waals surface area contributed by atoms with Crippen LogP contribution in [0.1, 0.15) is 67.2 Å². The molecule has 0 saturated carbocycles. The van der Waals surface area contributed by atoms with Gasteiger partial charge in [-0.15, -0.1) is 8.57 Å². The molecule has 0 aromatic rings. The Balaban J connectivity index is 1.21. The standard InChI is InChI=1S/C28H46N8O14S/c1-27(2,3)47-23(39)29-11-13-45-31-21(37)19-9-7-17-15-33(19)25(41)35(17)49-51(43,44)50-36-18-8-10-20(34(16-18)26(36)42)22(38)32-46-14-12-30-24(40)48-28(4,5)6/h17-20H,7-16H2,1-6H3,(H,29,39)(H,30,40)(H,31,37)(H,32,38). The van der Waals surface area contributed by atoms with Crippen LogP contribution < -0.4 is 21.6 Å². The minimum atomic E-state index is -5.03. The Bertz CT molecular complexity index is 1350. The highest BCUT2D eigenvalue weighted by Gasteiger charge is 2.52. The van der Waals surface area contributed by atoms with E-state index in [0.29, 0.717) is 10.1 Å². The number of rotatable bonds is 14. The van der Waals surface area contributed by atoms with Crippen molar-refractivity contribution in [3.05, 3.63) is 0 Å². The lowest BCUT2D eigenvalue weighted by atomic mass is 10.0. The third kappa shape index (κ3) is 10.9. The number of carbonyl (C=O) groups is 6. The smallest absolute Gasteiger partial charge is 0.442 e. The fourth-order valence-electron chi connectivity index (χ4n) is 5.63. The summed E-state index contributed by atoms with van der Waals surface area (Å²) in [5.41, 5.74) is 3.08. The first-order chi connectivity index (χ1) is 23.7. The molecular weight excluding hydrogens is 704 g/mol. The summed E-state index contributed by atoms with van der Waals surface area (Å²) < 4.78 is 46.1. The van der Waals surface area contributed by atoms with Crippen LogP contribution >= 0.6 is 0 Å². The van der Waals surface area contributed by atoms with E-state index < -0.39 is 81.8 Å². The molecule has 0 radical (unpaired) electrons. The molecule has 0 aliphatic carbocycles. The second-order valence-electron chi connectivity index (χ2n) is 14.1. The average Bonchev–Trinajstić information content (AvgIpc) is 3.38. The molecule has 51 heavy (non-hydrogen) atoms. The van der Waals surface area contributed by atoms with E-state index in [1.54, 1.807) is 41.5 Å². The number of nitrogens with one attached hydrogen (secondary N) is 4. The van der Waals surface area contributed by atoms with E-state index in [2.05, 4.69) is 21.6 Å². The number of hydrogen-bond acceptors (Lipinski definition) is 14. The van der Waals surface area contributed by atoms with Crippen molar-refractivity contribution in [3.8, 4) is 0 Å². The summed E-state index contributed by atoms with van der Waals surface area (Å²) in [6.45, 7) is 10.1. The maximum atomic E-state index is 13.1. The highest BCUT2D eigenvalue weighted by molar-refractivity contribution is 7.81. The van der Waals surface area contributed by atoms with Crippen LogP contribution in [0.3, 0.4) is 0 Å². The lowest BCUT2D eigenvalue weighted by molar-refractivity contribution is -0.139. The van der Waals surface area contributed by atoms with Crippen LogP contribution in [0, 0.1) is 0 Å². The Morgan fingerprint density at radius 1 is 0.667 bits per heavy atom. The van der Waals surface area contributed by atoms with E-state index in [4.69, 9.17) is 27.7 Å².